The number of carbonyl (C=O) groups excluding carboxylic acids is 1. The highest BCUT2D eigenvalue weighted by atomic mass is 16.5. The highest BCUT2D eigenvalue weighted by Gasteiger charge is 2.11. The summed E-state index contributed by atoms with van der Waals surface area (Å²) in [5.41, 5.74) is 0.800. The summed E-state index contributed by atoms with van der Waals surface area (Å²) in [4.78, 5) is 11.6. The molecule has 0 fully saturated rings. The van der Waals surface area contributed by atoms with Gasteiger partial charge in [0.2, 0.25) is 5.91 Å². The van der Waals surface area contributed by atoms with Crippen LogP contribution in [0, 0.1) is 0 Å². The molecule has 17 heavy (non-hydrogen) atoms. The van der Waals surface area contributed by atoms with Crippen molar-refractivity contribution in [3.05, 3.63) is 29.8 Å². The first-order chi connectivity index (χ1) is 8.15. The van der Waals surface area contributed by atoms with Gasteiger partial charge in [-0.3, -0.25) is 4.79 Å². The highest BCUT2D eigenvalue weighted by molar-refractivity contribution is 5.78. The minimum absolute atomic E-state index is 0.158. The normalized spacial score (nSPS) is 12.1. The predicted octanol–water partition coefficient (Wildman–Crippen LogP) is 0.0582. The molecule has 5 heteroatoms. The van der Waals surface area contributed by atoms with Crippen LogP contribution in [0.3, 0.4) is 0 Å². The number of benzene rings is 1. The molecule has 1 aromatic rings. The molecule has 0 radical (unpaired) electrons. The maximum atomic E-state index is 11.6. The van der Waals surface area contributed by atoms with E-state index >= 15 is 0 Å². The number of ether oxygens (including phenoxy) is 1. The summed E-state index contributed by atoms with van der Waals surface area (Å²) >= 11 is 0. The molecule has 0 aromatic heterocycles. The third-order valence-corrected chi connectivity index (χ3v) is 2.25. The van der Waals surface area contributed by atoms with E-state index in [1.165, 1.54) is 19.2 Å². The zero-order valence-corrected chi connectivity index (χ0v) is 9.72. The maximum Gasteiger partial charge on any atom is 0.224 e. The third kappa shape index (κ3) is 4.84. The topological polar surface area (TPSA) is 78.8 Å². The minimum atomic E-state index is -0.385. The fourth-order valence-corrected chi connectivity index (χ4v) is 1.42. The van der Waals surface area contributed by atoms with E-state index in [1.807, 2.05) is 0 Å². The average Bonchev–Trinajstić information content (AvgIpc) is 2.31. The standard InChI is InChI=1S/C12H17NO4/c1-17-8-10(7-14)13-12(16)6-9-2-4-11(15)5-3-9/h2-5,10,14-15H,6-8H2,1H3,(H,13,16). The van der Waals surface area contributed by atoms with Gasteiger partial charge in [0.05, 0.1) is 25.7 Å². The molecule has 0 aliphatic rings. The van der Waals surface area contributed by atoms with Gasteiger partial charge in [-0.05, 0) is 17.7 Å². The van der Waals surface area contributed by atoms with Gasteiger partial charge in [-0.2, -0.15) is 0 Å². The number of phenols is 1. The fraction of sp³-hybridized carbons (Fsp3) is 0.417. The molecule has 0 bridgehead atoms. The Morgan fingerprint density at radius 1 is 1.41 bits per heavy atom. The zero-order valence-electron chi connectivity index (χ0n) is 9.72. The van der Waals surface area contributed by atoms with Crippen LogP contribution < -0.4 is 5.32 Å². The molecule has 0 aliphatic carbocycles. The van der Waals surface area contributed by atoms with Gasteiger partial charge >= 0.3 is 0 Å². The molecule has 0 saturated carbocycles. The lowest BCUT2D eigenvalue weighted by Crippen LogP contribution is -2.41. The lowest BCUT2D eigenvalue weighted by Gasteiger charge is -2.15. The molecule has 0 aliphatic heterocycles. The van der Waals surface area contributed by atoms with Crippen molar-refractivity contribution >= 4 is 5.91 Å². The zero-order chi connectivity index (χ0) is 12.7. The van der Waals surface area contributed by atoms with Crippen molar-refractivity contribution in [2.75, 3.05) is 20.3 Å². The molecule has 0 heterocycles. The Hall–Kier alpha value is -1.59. The van der Waals surface area contributed by atoms with E-state index < -0.39 is 0 Å². The number of phenolic OH excluding ortho intramolecular Hbond substituents is 1. The van der Waals surface area contributed by atoms with Crippen molar-refractivity contribution < 1.29 is 19.7 Å². The Bertz CT molecular complexity index is 350. The Kier molecular flexibility index (Phi) is 5.45. The van der Waals surface area contributed by atoms with Crippen LogP contribution in [0.1, 0.15) is 5.56 Å². The van der Waals surface area contributed by atoms with Crippen molar-refractivity contribution in [3.63, 3.8) is 0 Å². The summed E-state index contributed by atoms with van der Waals surface area (Å²) in [5.74, 6) is -0.0198. The van der Waals surface area contributed by atoms with Gasteiger partial charge in [-0.1, -0.05) is 12.1 Å². The summed E-state index contributed by atoms with van der Waals surface area (Å²) in [6.45, 7) is 0.118. The van der Waals surface area contributed by atoms with Crippen molar-refractivity contribution in [2.24, 2.45) is 0 Å². The first-order valence-corrected chi connectivity index (χ1v) is 5.32. The van der Waals surface area contributed by atoms with Crippen molar-refractivity contribution in [1.82, 2.24) is 5.32 Å². The third-order valence-electron chi connectivity index (χ3n) is 2.25. The van der Waals surface area contributed by atoms with E-state index in [9.17, 15) is 4.79 Å². The average molecular weight is 239 g/mol. The second kappa shape index (κ2) is 6.88. The number of hydrogen-bond donors (Lipinski definition) is 3. The Morgan fingerprint density at radius 2 is 2.06 bits per heavy atom. The van der Waals surface area contributed by atoms with E-state index in [4.69, 9.17) is 14.9 Å². The van der Waals surface area contributed by atoms with Gasteiger partial charge in [0.15, 0.2) is 0 Å². The van der Waals surface area contributed by atoms with Crippen LogP contribution in [-0.2, 0) is 16.0 Å². The first kappa shape index (κ1) is 13.5. The highest BCUT2D eigenvalue weighted by Crippen LogP contribution is 2.09. The molecule has 1 unspecified atom stereocenters. The number of aromatic hydroxyl groups is 1. The largest absolute Gasteiger partial charge is 0.508 e. The predicted molar refractivity (Wildman–Crippen MR) is 62.7 cm³/mol. The van der Waals surface area contributed by atoms with E-state index in [0.717, 1.165) is 5.56 Å². The summed E-state index contributed by atoms with van der Waals surface area (Å²) < 4.78 is 4.85. The van der Waals surface area contributed by atoms with Crippen LogP contribution in [0.5, 0.6) is 5.75 Å². The molecule has 1 atom stereocenters. The van der Waals surface area contributed by atoms with E-state index in [0.29, 0.717) is 0 Å². The number of amides is 1. The van der Waals surface area contributed by atoms with Gasteiger partial charge in [-0.15, -0.1) is 0 Å². The number of rotatable bonds is 6. The lowest BCUT2D eigenvalue weighted by atomic mass is 10.1. The van der Waals surface area contributed by atoms with Gasteiger partial charge < -0.3 is 20.3 Å². The second-order valence-electron chi connectivity index (χ2n) is 3.75. The Labute approximate surface area is 100 Å². The van der Waals surface area contributed by atoms with Gasteiger partial charge in [-0.25, -0.2) is 0 Å². The van der Waals surface area contributed by atoms with Crippen LogP contribution in [0.4, 0.5) is 0 Å². The van der Waals surface area contributed by atoms with Crippen LogP contribution in [0.25, 0.3) is 0 Å². The van der Waals surface area contributed by atoms with Gasteiger partial charge in [0.25, 0.3) is 0 Å². The summed E-state index contributed by atoms with van der Waals surface area (Å²) in [6, 6.07) is 6.03. The quantitative estimate of drug-likeness (QED) is 0.656. The first-order valence-electron chi connectivity index (χ1n) is 5.32. The summed E-state index contributed by atoms with van der Waals surface area (Å²) in [6.07, 6.45) is 0.209. The van der Waals surface area contributed by atoms with E-state index in [2.05, 4.69) is 5.32 Å². The molecular formula is C12H17NO4. The van der Waals surface area contributed by atoms with Crippen molar-refractivity contribution in [1.29, 1.82) is 0 Å². The summed E-state index contributed by atoms with van der Waals surface area (Å²) in [5, 5.41) is 20.7. The van der Waals surface area contributed by atoms with E-state index in [1.54, 1.807) is 12.1 Å². The molecule has 0 spiro atoms. The van der Waals surface area contributed by atoms with Crippen molar-refractivity contribution in [3.8, 4) is 5.75 Å². The molecule has 1 aromatic carbocycles. The number of methoxy groups -OCH3 is 1. The number of carbonyl (C=O) groups is 1. The van der Waals surface area contributed by atoms with Crippen molar-refractivity contribution in [2.45, 2.75) is 12.5 Å². The number of aliphatic hydroxyl groups is 1. The smallest absolute Gasteiger partial charge is 0.224 e. The Balaban J connectivity index is 2.46. The summed E-state index contributed by atoms with van der Waals surface area (Å²) in [7, 11) is 1.51. The van der Waals surface area contributed by atoms with Gasteiger partial charge in [0, 0.05) is 7.11 Å². The van der Waals surface area contributed by atoms with Crippen LogP contribution in [0.15, 0.2) is 24.3 Å². The van der Waals surface area contributed by atoms with Crippen LogP contribution >= 0.6 is 0 Å². The van der Waals surface area contributed by atoms with Crippen LogP contribution in [-0.4, -0.2) is 42.5 Å². The monoisotopic (exact) mass is 239 g/mol. The molecule has 1 rings (SSSR count). The number of aliphatic hydroxyl groups excluding tert-OH is 1. The minimum Gasteiger partial charge on any atom is -0.508 e. The molecule has 5 nitrogen and oxygen atoms in total. The molecule has 94 valence electrons. The Morgan fingerprint density at radius 3 is 2.59 bits per heavy atom. The SMILES string of the molecule is COCC(CO)NC(=O)Cc1ccc(O)cc1. The van der Waals surface area contributed by atoms with Gasteiger partial charge in [0.1, 0.15) is 5.75 Å². The fourth-order valence-electron chi connectivity index (χ4n) is 1.42. The van der Waals surface area contributed by atoms with E-state index in [-0.39, 0.29) is 37.3 Å². The molecule has 1 amide bonds. The number of hydrogen-bond acceptors (Lipinski definition) is 4. The van der Waals surface area contributed by atoms with Crippen LogP contribution in [0.2, 0.25) is 0 Å². The number of nitrogens with one attached hydrogen (secondary N) is 1. The maximum absolute atomic E-state index is 11.6. The molecular weight excluding hydrogens is 222 g/mol. The second-order valence-corrected chi connectivity index (χ2v) is 3.75. The molecule has 3 N–H and O–H groups in total. The lowest BCUT2D eigenvalue weighted by molar-refractivity contribution is -0.121. The molecule has 0 saturated heterocycles.